The number of rotatable bonds is 3. The monoisotopic (exact) mass is 351 g/mol. The van der Waals surface area contributed by atoms with E-state index in [9.17, 15) is 20.1 Å². The minimum absolute atomic E-state index is 0.0324. The highest BCUT2D eigenvalue weighted by Gasteiger charge is 2.44. The molecule has 1 aliphatic rings. The third-order valence-corrected chi connectivity index (χ3v) is 3.42. The third kappa shape index (κ3) is 3.03. The number of carbonyl (C=O) groups is 1. The number of aliphatic hydroxyl groups is 4. The number of halogens is 1. The predicted octanol–water partition coefficient (Wildman–Crippen LogP) is -1.43. The standard InChI is InChI=1S/C11H14BrNO7/c12-6-2-1-4(19-6)10(17)13-7-9(16)8(15)5(3-14)20-11(7)18/h1-2,5,7-9,11,14-16,18H,3H2,(H,13,17)/t5-,7?,8?,9-,11?/m1/s1. The summed E-state index contributed by atoms with van der Waals surface area (Å²) in [7, 11) is 0. The van der Waals surface area contributed by atoms with Gasteiger partial charge in [-0.1, -0.05) is 0 Å². The van der Waals surface area contributed by atoms with E-state index in [2.05, 4.69) is 21.2 Å². The van der Waals surface area contributed by atoms with E-state index in [4.69, 9.17) is 14.3 Å². The number of ether oxygens (including phenoxy) is 1. The van der Waals surface area contributed by atoms with E-state index < -0.39 is 43.2 Å². The molecule has 1 aliphatic heterocycles. The second kappa shape index (κ2) is 6.20. The smallest absolute Gasteiger partial charge is 0.287 e. The number of nitrogens with one attached hydrogen (secondary N) is 1. The summed E-state index contributed by atoms with van der Waals surface area (Å²) in [5, 5.41) is 40.5. The van der Waals surface area contributed by atoms with Crippen molar-refractivity contribution in [1.82, 2.24) is 5.32 Å². The van der Waals surface area contributed by atoms with Crippen molar-refractivity contribution >= 4 is 21.8 Å². The van der Waals surface area contributed by atoms with Crippen LogP contribution in [-0.4, -0.2) is 63.6 Å². The van der Waals surface area contributed by atoms with Gasteiger partial charge in [0.1, 0.15) is 24.4 Å². The zero-order valence-corrected chi connectivity index (χ0v) is 11.7. The summed E-state index contributed by atoms with van der Waals surface area (Å²) in [6, 6.07) is 1.66. The van der Waals surface area contributed by atoms with Gasteiger partial charge in [-0.15, -0.1) is 0 Å². The van der Waals surface area contributed by atoms with Gasteiger partial charge in [0.25, 0.3) is 5.91 Å². The molecule has 9 heteroatoms. The topological polar surface area (TPSA) is 132 Å². The lowest BCUT2D eigenvalue weighted by molar-refractivity contribution is -0.252. The summed E-state index contributed by atoms with van der Waals surface area (Å²) in [6.07, 6.45) is -5.60. The Morgan fingerprint density at radius 3 is 2.55 bits per heavy atom. The predicted molar refractivity (Wildman–Crippen MR) is 67.6 cm³/mol. The Hall–Kier alpha value is -0.970. The molecular formula is C11H14BrNO7. The van der Waals surface area contributed by atoms with Gasteiger partial charge in [0.2, 0.25) is 0 Å². The van der Waals surface area contributed by atoms with Crippen molar-refractivity contribution in [2.75, 3.05) is 6.61 Å². The Labute approximate surface area is 122 Å². The van der Waals surface area contributed by atoms with E-state index in [0.717, 1.165) is 0 Å². The molecule has 112 valence electrons. The van der Waals surface area contributed by atoms with Gasteiger partial charge < -0.3 is 34.9 Å². The average molecular weight is 352 g/mol. The van der Waals surface area contributed by atoms with Gasteiger partial charge in [-0.2, -0.15) is 0 Å². The van der Waals surface area contributed by atoms with Crippen molar-refractivity contribution in [1.29, 1.82) is 0 Å². The van der Waals surface area contributed by atoms with Gasteiger partial charge in [0.05, 0.1) is 6.61 Å². The van der Waals surface area contributed by atoms with Crippen molar-refractivity contribution in [3.05, 3.63) is 22.6 Å². The van der Waals surface area contributed by atoms with Gasteiger partial charge in [0.15, 0.2) is 16.7 Å². The normalized spacial score (nSPS) is 34.0. The molecule has 5 N–H and O–H groups in total. The van der Waals surface area contributed by atoms with E-state index in [0.29, 0.717) is 4.67 Å². The van der Waals surface area contributed by atoms with Crippen LogP contribution in [0.25, 0.3) is 0 Å². The molecule has 1 fully saturated rings. The molecule has 2 heterocycles. The highest BCUT2D eigenvalue weighted by molar-refractivity contribution is 9.10. The number of amides is 1. The van der Waals surface area contributed by atoms with Crippen molar-refractivity contribution in [3.63, 3.8) is 0 Å². The Bertz CT molecular complexity index is 479. The minimum atomic E-state index is -1.56. The summed E-state index contributed by atoms with van der Waals surface area (Å²) in [5.74, 6) is -0.716. The van der Waals surface area contributed by atoms with E-state index in [1.165, 1.54) is 12.1 Å². The molecular weight excluding hydrogens is 338 g/mol. The molecule has 5 atom stereocenters. The molecule has 1 amide bonds. The SMILES string of the molecule is O=C(NC1C(O)O[C@H](CO)C(O)[C@@H]1O)c1ccc(Br)o1. The van der Waals surface area contributed by atoms with Gasteiger partial charge >= 0.3 is 0 Å². The van der Waals surface area contributed by atoms with E-state index in [-0.39, 0.29) is 5.76 Å². The zero-order chi connectivity index (χ0) is 14.9. The summed E-state index contributed by atoms with van der Waals surface area (Å²) in [4.78, 5) is 11.8. The molecule has 8 nitrogen and oxygen atoms in total. The Morgan fingerprint density at radius 1 is 1.30 bits per heavy atom. The van der Waals surface area contributed by atoms with E-state index in [1.807, 2.05) is 0 Å². The quantitative estimate of drug-likeness (QED) is 0.451. The van der Waals surface area contributed by atoms with Crippen LogP contribution >= 0.6 is 15.9 Å². The maximum Gasteiger partial charge on any atom is 0.287 e. The largest absolute Gasteiger partial charge is 0.444 e. The molecule has 1 saturated heterocycles. The fraction of sp³-hybridized carbons (Fsp3) is 0.545. The molecule has 2 rings (SSSR count). The molecule has 0 bridgehead atoms. The van der Waals surface area contributed by atoms with E-state index in [1.54, 1.807) is 0 Å². The number of carbonyl (C=O) groups excluding carboxylic acids is 1. The first-order valence-corrected chi connectivity index (χ1v) is 6.60. The second-order valence-electron chi connectivity index (χ2n) is 4.33. The summed E-state index contributed by atoms with van der Waals surface area (Å²) < 4.78 is 10.3. The number of aliphatic hydroxyl groups excluding tert-OH is 4. The second-order valence-corrected chi connectivity index (χ2v) is 5.11. The lowest BCUT2D eigenvalue weighted by Gasteiger charge is -2.40. The molecule has 0 spiro atoms. The number of furan rings is 1. The summed E-state index contributed by atoms with van der Waals surface area (Å²) in [6.45, 7) is -0.568. The van der Waals surface area contributed by atoms with Gasteiger partial charge in [-0.05, 0) is 28.1 Å². The minimum Gasteiger partial charge on any atom is -0.444 e. The van der Waals surface area contributed by atoms with Gasteiger partial charge in [-0.3, -0.25) is 4.79 Å². The lowest BCUT2D eigenvalue weighted by atomic mass is 9.97. The summed E-state index contributed by atoms with van der Waals surface area (Å²) in [5.41, 5.74) is 0. The van der Waals surface area contributed by atoms with Crippen LogP contribution in [0.1, 0.15) is 10.6 Å². The number of hydrogen-bond donors (Lipinski definition) is 5. The Balaban J connectivity index is 2.06. The van der Waals surface area contributed by atoms with Crippen LogP contribution in [0, 0.1) is 0 Å². The third-order valence-electron chi connectivity index (χ3n) is 2.99. The van der Waals surface area contributed by atoms with Gasteiger partial charge in [-0.25, -0.2) is 0 Å². The zero-order valence-electron chi connectivity index (χ0n) is 10.1. The van der Waals surface area contributed by atoms with Crippen molar-refractivity contribution in [2.24, 2.45) is 0 Å². The van der Waals surface area contributed by atoms with Crippen LogP contribution in [-0.2, 0) is 4.74 Å². The molecule has 0 aromatic carbocycles. The number of hydrogen-bond acceptors (Lipinski definition) is 7. The first-order valence-electron chi connectivity index (χ1n) is 5.80. The van der Waals surface area contributed by atoms with Crippen LogP contribution in [0.5, 0.6) is 0 Å². The first-order chi connectivity index (χ1) is 9.43. The van der Waals surface area contributed by atoms with Crippen LogP contribution in [0.2, 0.25) is 0 Å². The molecule has 0 saturated carbocycles. The van der Waals surface area contributed by atoms with Crippen LogP contribution in [0.3, 0.4) is 0 Å². The van der Waals surface area contributed by atoms with Gasteiger partial charge in [0, 0.05) is 0 Å². The van der Waals surface area contributed by atoms with Crippen molar-refractivity contribution in [3.8, 4) is 0 Å². The van der Waals surface area contributed by atoms with Crippen LogP contribution < -0.4 is 5.32 Å². The molecule has 0 radical (unpaired) electrons. The molecule has 1 aromatic rings. The molecule has 0 aliphatic carbocycles. The van der Waals surface area contributed by atoms with Crippen LogP contribution in [0.4, 0.5) is 0 Å². The highest BCUT2D eigenvalue weighted by Crippen LogP contribution is 2.21. The van der Waals surface area contributed by atoms with Crippen molar-refractivity contribution in [2.45, 2.75) is 30.6 Å². The lowest BCUT2D eigenvalue weighted by Crippen LogP contribution is -2.64. The van der Waals surface area contributed by atoms with Crippen LogP contribution in [0.15, 0.2) is 21.2 Å². The molecule has 20 heavy (non-hydrogen) atoms. The fourth-order valence-electron chi connectivity index (χ4n) is 1.91. The maximum atomic E-state index is 11.8. The highest BCUT2D eigenvalue weighted by atomic mass is 79.9. The first kappa shape index (κ1) is 15.4. The molecule has 3 unspecified atom stereocenters. The Kier molecular flexibility index (Phi) is 4.78. The average Bonchev–Trinajstić information content (AvgIpc) is 2.85. The molecule has 1 aromatic heterocycles. The Morgan fingerprint density at radius 2 is 2.00 bits per heavy atom. The fourth-order valence-corrected chi connectivity index (χ4v) is 2.22. The summed E-state index contributed by atoms with van der Waals surface area (Å²) >= 11 is 3.04. The maximum absolute atomic E-state index is 11.8. The van der Waals surface area contributed by atoms with E-state index >= 15 is 0 Å². The van der Waals surface area contributed by atoms with Crippen molar-refractivity contribution < 1.29 is 34.4 Å².